The van der Waals surface area contributed by atoms with Crippen LogP contribution < -0.4 is 4.90 Å². The van der Waals surface area contributed by atoms with Crippen molar-refractivity contribution in [2.75, 3.05) is 31.1 Å². The van der Waals surface area contributed by atoms with Crippen molar-refractivity contribution in [2.24, 2.45) is 0 Å². The summed E-state index contributed by atoms with van der Waals surface area (Å²) < 4.78 is 1.87. The van der Waals surface area contributed by atoms with E-state index in [4.69, 9.17) is 0 Å². The van der Waals surface area contributed by atoms with Crippen LogP contribution in [0, 0.1) is 13.8 Å². The third kappa shape index (κ3) is 3.32. The highest BCUT2D eigenvalue weighted by Crippen LogP contribution is 2.20. The molecule has 134 valence electrons. The van der Waals surface area contributed by atoms with Crippen molar-refractivity contribution in [3.05, 3.63) is 52.5 Å². The predicted octanol–water partition coefficient (Wildman–Crippen LogP) is 2.30. The van der Waals surface area contributed by atoms with Crippen LogP contribution in [0.3, 0.4) is 0 Å². The third-order valence-electron chi connectivity index (χ3n) is 4.41. The molecule has 1 aliphatic heterocycles. The number of piperazine rings is 1. The van der Waals surface area contributed by atoms with Crippen molar-refractivity contribution in [3.8, 4) is 5.82 Å². The van der Waals surface area contributed by atoms with Crippen molar-refractivity contribution < 1.29 is 4.79 Å². The molecule has 0 N–H and O–H groups in total. The van der Waals surface area contributed by atoms with Gasteiger partial charge in [-0.05, 0) is 30.9 Å². The van der Waals surface area contributed by atoms with E-state index in [0.29, 0.717) is 13.1 Å². The zero-order valence-electron chi connectivity index (χ0n) is 14.8. The number of imidazole rings is 1. The highest BCUT2D eigenvalue weighted by Gasteiger charge is 2.24. The summed E-state index contributed by atoms with van der Waals surface area (Å²) in [5.41, 5.74) is 1.14. The molecule has 0 unspecified atom stereocenters. The van der Waals surface area contributed by atoms with Gasteiger partial charge >= 0.3 is 0 Å². The second-order valence-electron chi connectivity index (χ2n) is 6.37. The lowest BCUT2D eigenvalue weighted by Crippen LogP contribution is -2.49. The molecular weight excluding hydrogens is 348 g/mol. The Morgan fingerprint density at radius 2 is 1.85 bits per heavy atom. The zero-order chi connectivity index (χ0) is 18.1. The van der Waals surface area contributed by atoms with Gasteiger partial charge in [0.2, 0.25) is 0 Å². The van der Waals surface area contributed by atoms with Crippen LogP contribution in [-0.4, -0.2) is 56.5 Å². The molecule has 7 nitrogen and oxygen atoms in total. The van der Waals surface area contributed by atoms with Gasteiger partial charge in [-0.1, -0.05) is 0 Å². The van der Waals surface area contributed by atoms with E-state index in [1.54, 1.807) is 12.5 Å². The van der Waals surface area contributed by atoms with Crippen molar-refractivity contribution in [3.63, 3.8) is 0 Å². The standard InChI is InChI=1S/C18H20N6OS/c1-13-9-15(26-11-13)18(25)23-7-5-22(6-8-23)16-10-17(21-14(2)20-16)24-4-3-19-12-24/h3-4,9-12H,5-8H2,1-2H3. The lowest BCUT2D eigenvalue weighted by atomic mass is 10.2. The van der Waals surface area contributed by atoms with Crippen LogP contribution in [0.5, 0.6) is 0 Å². The van der Waals surface area contributed by atoms with Gasteiger partial charge in [0.05, 0.1) is 4.88 Å². The summed E-state index contributed by atoms with van der Waals surface area (Å²) in [4.78, 5) is 30.7. The Kier molecular flexibility index (Phi) is 4.42. The summed E-state index contributed by atoms with van der Waals surface area (Å²) in [6.07, 6.45) is 5.32. The van der Waals surface area contributed by atoms with Crippen LogP contribution in [0.4, 0.5) is 5.82 Å². The fourth-order valence-electron chi connectivity index (χ4n) is 3.06. The Bertz CT molecular complexity index is 912. The lowest BCUT2D eigenvalue weighted by molar-refractivity contribution is 0.0751. The van der Waals surface area contributed by atoms with Gasteiger partial charge in [-0.25, -0.2) is 15.0 Å². The molecule has 0 atom stereocenters. The largest absolute Gasteiger partial charge is 0.353 e. The Hall–Kier alpha value is -2.74. The van der Waals surface area contributed by atoms with Gasteiger partial charge in [0, 0.05) is 44.6 Å². The molecule has 0 aliphatic carbocycles. The Balaban J connectivity index is 1.47. The molecule has 4 heterocycles. The van der Waals surface area contributed by atoms with Crippen LogP contribution >= 0.6 is 11.3 Å². The number of thiophene rings is 1. The monoisotopic (exact) mass is 368 g/mol. The lowest BCUT2D eigenvalue weighted by Gasteiger charge is -2.35. The summed E-state index contributed by atoms with van der Waals surface area (Å²) in [7, 11) is 0. The molecule has 3 aromatic heterocycles. The summed E-state index contributed by atoms with van der Waals surface area (Å²) in [5, 5.41) is 2.02. The first-order chi connectivity index (χ1) is 12.6. The molecule has 0 bridgehead atoms. The van der Waals surface area contributed by atoms with E-state index < -0.39 is 0 Å². The number of rotatable bonds is 3. The topological polar surface area (TPSA) is 67.2 Å². The Morgan fingerprint density at radius 1 is 1.08 bits per heavy atom. The molecule has 1 aliphatic rings. The van der Waals surface area contributed by atoms with E-state index >= 15 is 0 Å². The van der Waals surface area contributed by atoms with Crippen LogP contribution in [0.25, 0.3) is 5.82 Å². The normalized spacial score (nSPS) is 14.7. The second kappa shape index (κ2) is 6.87. The number of nitrogens with zero attached hydrogens (tertiary/aromatic N) is 6. The molecular formula is C18H20N6OS. The second-order valence-corrected chi connectivity index (χ2v) is 7.28. The number of anilines is 1. The number of amides is 1. The minimum atomic E-state index is 0.126. The van der Waals surface area contributed by atoms with Crippen molar-refractivity contribution in [1.29, 1.82) is 0 Å². The minimum absolute atomic E-state index is 0.126. The van der Waals surface area contributed by atoms with E-state index in [9.17, 15) is 4.79 Å². The van der Waals surface area contributed by atoms with Crippen LogP contribution in [-0.2, 0) is 0 Å². The van der Waals surface area contributed by atoms with Gasteiger partial charge in [-0.2, -0.15) is 0 Å². The van der Waals surface area contributed by atoms with E-state index in [-0.39, 0.29) is 5.91 Å². The number of aromatic nitrogens is 4. The van der Waals surface area contributed by atoms with Gasteiger partial charge in [-0.3, -0.25) is 9.36 Å². The average Bonchev–Trinajstić information content (AvgIpc) is 3.32. The molecule has 0 radical (unpaired) electrons. The third-order valence-corrected chi connectivity index (χ3v) is 5.45. The van der Waals surface area contributed by atoms with Crippen LogP contribution in [0.1, 0.15) is 21.1 Å². The molecule has 1 fully saturated rings. The molecule has 26 heavy (non-hydrogen) atoms. The number of carbonyl (C=O) groups is 1. The molecule has 8 heteroatoms. The van der Waals surface area contributed by atoms with Gasteiger partial charge in [-0.15, -0.1) is 11.3 Å². The van der Waals surface area contributed by atoms with Crippen molar-refractivity contribution >= 4 is 23.1 Å². The molecule has 0 aromatic carbocycles. The molecule has 1 saturated heterocycles. The number of hydrogen-bond donors (Lipinski definition) is 0. The van der Waals surface area contributed by atoms with E-state index in [1.165, 1.54) is 11.3 Å². The first kappa shape index (κ1) is 16.7. The van der Waals surface area contributed by atoms with Crippen molar-refractivity contribution in [1.82, 2.24) is 24.4 Å². The maximum Gasteiger partial charge on any atom is 0.264 e. The van der Waals surface area contributed by atoms with E-state index in [1.807, 2.05) is 47.0 Å². The first-order valence-electron chi connectivity index (χ1n) is 8.53. The maximum absolute atomic E-state index is 12.6. The number of carbonyl (C=O) groups excluding carboxylic acids is 1. The van der Waals surface area contributed by atoms with Gasteiger partial charge in [0.25, 0.3) is 5.91 Å². The number of aryl methyl sites for hydroxylation is 2. The summed E-state index contributed by atoms with van der Waals surface area (Å²) in [5.74, 6) is 2.54. The SMILES string of the molecule is Cc1csc(C(=O)N2CCN(c3cc(-n4ccnc4)nc(C)n3)CC2)c1. The first-order valence-corrected chi connectivity index (χ1v) is 9.41. The maximum atomic E-state index is 12.6. The average molecular weight is 368 g/mol. The highest BCUT2D eigenvalue weighted by atomic mass is 32.1. The Morgan fingerprint density at radius 3 is 2.50 bits per heavy atom. The Labute approximate surface area is 155 Å². The summed E-state index contributed by atoms with van der Waals surface area (Å²) in [6.45, 7) is 6.81. The smallest absolute Gasteiger partial charge is 0.264 e. The van der Waals surface area contributed by atoms with Crippen molar-refractivity contribution in [2.45, 2.75) is 13.8 Å². The molecule has 0 saturated carbocycles. The minimum Gasteiger partial charge on any atom is -0.353 e. The zero-order valence-corrected chi connectivity index (χ0v) is 15.6. The highest BCUT2D eigenvalue weighted by molar-refractivity contribution is 7.12. The van der Waals surface area contributed by atoms with Crippen LogP contribution in [0.15, 0.2) is 36.2 Å². The fourth-order valence-corrected chi connectivity index (χ4v) is 3.93. The summed E-state index contributed by atoms with van der Waals surface area (Å²) in [6, 6.07) is 3.93. The van der Waals surface area contributed by atoms with E-state index in [0.717, 1.165) is 41.0 Å². The molecule has 4 rings (SSSR count). The predicted molar refractivity (Wildman–Crippen MR) is 101 cm³/mol. The van der Waals surface area contributed by atoms with Gasteiger partial charge < -0.3 is 9.80 Å². The molecule has 1 amide bonds. The van der Waals surface area contributed by atoms with Gasteiger partial charge in [0.15, 0.2) is 0 Å². The number of hydrogen-bond acceptors (Lipinski definition) is 6. The van der Waals surface area contributed by atoms with E-state index in [2.05, 4.69) is 19.9 Å². The fraction of sp³-hybridized carbons (Fsp3) is 0.333. The quantitative estimate of drug-likeness (QED) is 0.710. The molecule has 0 spiro atoms. The van der Waals surface area contributed by atoms with Gasteiger partial charge in [0.1, 0.15) is 23.8 Å². The summed E-state index contributed by atoms with van der Waals surface area (Å²) >= 11 is 1.52. The van der Waals surface area contributed by atoms with Crippen LogP contribution in [0.2, 0.25) is 0 Å². The molecule has 3 aromatic rings.